The third-order valence-corrected chi connectivity index (χ3v) is 9.70. The van der Waals surface area contributed by atoms with E-state index < -0.39 is 0 Å². The monoisotopic (exact) mass is 596 g/mol. The second-order valence-electron chi connectivity index (χ2n) is 12.4. The van der Waals surface area contributed by atoms with Crippen LogP contribution in [0.3, 0.4) is 0 Å². The average Bonchev–Trinajstić information content (AvgIpc) is 3.53. The minimum absolute atomic E-state index is 0.984. The van der Waals surface area contributed by atoms with E-state index in [9.17, 15) is 0 Å². The molecular formula is C45H28N2. The Bertz CT molecular complexity index is 2800. The molecule has 0 atom stereocenters. The Kier molecular flexibility index (Phi) is 5.61. The van der Waals surface area contributed by atoms with Crippen LogP contribution in [0.15, 0.2) is 170 Å². The van der Waals surface area contributed by atoms with Crippen LogP contribution in [-0.2, 0) is 0 Å². The van der Waals surface area contributed by atoms with Gasteiger partial charge in [-0.3, -0.25) is 0 Å². The summed E-state index contributed by atoms with van der Waals surface area (Å²) in [5, 5.41) is 8.72. The minimum atomic E-state index is 0.984. The molecule has 2 heteroatoms. The highest BCUT2D eigenvalue weighted by Crippen LogP contribution is 2.45. The van der Waals surface area contributed by atoms with E-state index in [1.54, 1.807) is 0 Å². The summed E-state index contributed by atoms with van der Waals surface area (Å²) in [4.78, 5) is 5.29. The van der Waals surface area contributed by atoms with Crippen molar-refractivity contribution in [1.29, 1.82) is 0 Å². The molecular weight excluding hydrogens is 569 g/mol. The van der Waals surface area contributed by atoms with E-state index in [1.807, 2.05) is 0 Å². The zero-order valence-corrected chi connectivity index (χ0v) is 25.6. The first-order valence-corrected chi connectivity index (χ1v) is 16.1. The molecule has 0 saturated heterocycles. The highest BCUT2D eigenvalue weighted by molar-refractivity contribution is 6.22. The highest BCUT2D eigenvalue weighted by atomic mass is 14.9. The van der Waals surface area contributed by atoms with E-state index in [0.717, 1.165) is 27.8 Å². The van der Waals surface area contributed by atoms with Gasteiger partial charge in [0, 0.05) is 10.9 Å². The molecule has 8 aromatic carbocycles. The third-order valence-electron chi connectivity index (χ3n) is 9.70. The molecule has 47 heavy (non-hydrogen) atoms. The van der Waals surface area contributed by atoms with Gasteiger partial charge in [-0.05, 0) is 91.0 Å². The Balaban J connectivity index is 1.25. The molecule has 10 rings (SSSR count). The summed E-state index contributed by atoms with van der Waals surface area (Å²) < 4.78 is 2.36. The number of hydrogen-bond donors (Lipinski definition) is 0. The van der Waals surface area contributed by atoms with Crippen molar-refractivity contribution < 1.29 is 0 Å². The van der Waals surface area contributed by atoms with Crippen molar-refractivity contribution in [2.75, 3.05) is 0 Å². The lowest BCUT2D eigenvalue weighted by Crippen LogP contribution is -1.96. The van der Waals surface area contributed by atoms with Gasteiger partial charge < -0.3 is 4.40 Å². The molecule has 10 aromatic rings. The van der Waals surface area contributed by atoms with Gasteiger partial charge in [0.1, 0.15) is 0 Å². The van der Waals surface area contributed by atoms with Crippen molar-refractivity contribution >= 4 is 59.8 Å². The molecule has 0 aliphatic rings. The molecule has 218 valence electrons. The molecule has 0 unspecified atom stereocenters. The van der Waals surface area contributed by atoms with Crippen LogP contribution in [-0.4, -0.2) is 9.38 Å². The van der Waals surface area contributed by atoms with Crippen LogP contribution in [0, 0.1) is 0 Å². The standard InChI is InChI=1S/C45H28N2/c1-2-13-30-26-33(25-24-29(30)12-1)44-37-19-6-4-17-35(37)43(36-18-5-7-20-38(36)44)32-15-11-16-34(27-32)45-42-28-31-14-3-9-22-40(31)47(42)41-23-10-8-21-39(41)46-45/h1-28H. The number of benzene rings is 8. The molecule has 0 radical (unpaired) electrons. The maximum Gasteiger partial charge on any atom is 0.0951 e. The van der Waals surface area contributed by atoms with Gasteiger partial charge in [0.25, 0.3) is 0 Å². The van der Waals surface area contributed by atoms with Gasteiger partial charge in [-0.2, -0.15) is 0 Å². The van der Waals surface area contributed by atoms with Crippen LogP contribution in [0.4, 0.5) is 0 Å². The van der Waals surface area contributed by atoms with Gasteiger partial charge in [-0.1, -0.05) is 133 Å². The zero-order chi connectivity index (χ0) is 30.9. The second kappa shape index (κ2) is 10.1. The smallest absolute Gasteiger partial charge is 0.0951 e. The fourth-order valence-electron chi connectivity index (χ4n) is 7.64. The normalized spacial score (nSPS) is 11.8. The SMILES string of the molecule is c1cc(-c2c3ccccc3c(-c3ccc4ccccc4c3)c3ccccc23)cc(-c2nc3ccccc3n3c2cc2ccccc23)c1. The molecule has 2 heterocycles. The Morgan fingerprint density at radius 1 is 0.340 bits per heavy atom. The van der Waals surface area contributed by atoms with Gasteiger partial charge >= 0.3 is 0 Å². The largest absolute Gasteiger partial charge is 0.306 e. The van der Waals surface area contributed by atoms with Crippen LogP contribution in [0.5, 0.6) is 0 Å². The first-order valence-electron chi connectivity index (χ1n) is 16.1. The summed E-state index contributed by atoms with van der Waals surface area (Å²) in [6, 6.07) is 61.5. The maximum absolute atomic E-state index is 5.29. The quantitative estimate of drug-likeness (QED) is 0.185. The van der Waals surface area contributed by atoms with Crippen LogP contribution in [0.25, 0.3) is 93.3 Å². The Labute approximate surface area is 271 Å². The van der Waals surface area contributed by atoms with E-state index in [2.05, 4.69) is 174 Å². The summed E-state index contributed by atoms with van der Waals surface area (Å²) in [7, 11) is 0. The molecule has 0 fully saturated rings. The highest BCUT2D eigenvalue weighted by Gasteiger charge is 2.19. The molecule has 0 bridgehead atoms. The second-order valence-corrected chi connectivity index (χ2v) is 12.4. The molecule has 0 N–H and O–H groups in total. The molecule has 2 nitrogen and oxygen atoms in total. The van der Waals surface area contributed by atoms with E-state index in [4.69, 9.17) is 4.98 Å². The van der Waals surface area contributed by atoms with Crippen LogP contribution >= 0.6 is 0 Å². The summed E-state index contributed by atoms with van der Waals surface area (Å²) in [5.41, 5.74) is 11.4. The molecule has 0 spiro atoms. The fourth-order valence-corrected chi connectivity index (χ4v) is 7.64. The van der Waals surface area contributed by atoms with Crippen molar-refractivity contribution in [3.8, 4) is 33.5 Å². The molecule has 2 aromatic heterocycles. The number of para-hydroxylation sites is 3. The van der Waals surface area contributed by atoms with Crippen molar-refractivity contribution in [2.24, 2.45) is 0 Å². The van der Waals surface area contributed by atoms with Gasteiger partial charge in [0.05, 0.1) is 27.8 Å². The minimum Gasteiger partial charge on any atom is -0.306 e. The van der Waals surface area contributed by atoms with E-state index in [-0.39, 0.29) is 0 Å². The Hall–Kier alpha value is -6.25. The first kappa shape index (κ1) is 26.0. The maximum atomic E-state index is 5.29. The fraction of sp³-hybridized carbons (Fsp3) is 0. The summed E-state index contributed by atoms with van der Waals surface area (Å²) in [6.45, 7) is 0. The van der Waals surface area contributed by atoms with E-state index >= 15 is 0 Å². The summed E-state index contributed by atoms with van der Waals surface area (Å²) >= 11 is 0. The zero-order valence-electron chi connectivity index (χ0n) is 25.6. The lowest BCUT2D eigenvalue weighted by atomic mass is 9.85. The molecule has 0 saturated carbocycles. The number of rotatable bonds is 3. The molecule has 0 amide bonds. The van der Waals surface area contributed by atoms with Crippen LogP contribution in [0.1, 0.15) is 0 Å². The van der Waals surface area contributed by atoms with Crippen molar-refractivity contribution in [3.63, 3.8) is 0 Å². The van der Waals surface area contributed by atoms with E-state index in [1.165, 1.54) is 65.5 Å². The number of fused-ring (bicyclic) bond motifs is 8. The summed E-state index contributed by atoms with van der Waals surface area (Å²) in [6.07, 6.45) is 0. The van der Waals surface area contributed by atoms with Crippen molar-refractivity contribution in [2.45, 2.75) is 0 Å². The van der Waals surface area contributed by atoms with Crippen LogP contribution in [0.2, 0.25) is 0 Å². The van der Waals surface area contributed by atoms with E-state index in [0.29, 0.717) is 0 Å². The number of hydrogen-bond acceptors (Lipinski definition) is 1. The first-order chi connectivity index (χ1) is 23.3. The third kappa shape index (κ3) is 3.95. The molecule has 0 aliphatic carbocycles. The van der Waals surface area contributed by atoms with Gasteiger partial charge in [-0.25, -0.2) is 4.98 Å². The number of aromatic nitrogens is 2. The lowest BCUT2D eigenvalue weighted by Gasteiger charge is -2.18. The predicted octanol–water partition coefficient (Wildman–Crippen LogP) is 12.1. The van der Waals surface area contributed by atoms with Crippen molar-refractivity contribution in [1.82, 2.24) is 9.38 Å². The van der Waals surface area contributed by atoms with Crippen LogP contribution < -0.4 is 0 Å². The average molecular weight is 597 g/mol. The summed E-state index contributed by atoms with van der Waals surface area (Å²) in [5.74, 6) is 0. The Morgan fingerprint density at radius 2 is 0.894 bits per heavy atom. The predicted molar refractivity (Wildman–Crippen MR) is 199 cm³/mol. The van der Waals surface area contributed by atoms with Gasteiger partial charge in [-0.15, -0.1) is 0 Å². The topological polar surface area (TPSA) is 17.3 Å². The Morgan fingerprint density at radius 3 is 1.62 bits per heavy atom. The number of nitrogens with zero attached hydrogens (tertiary/aromatic N) is 2. The lowest BCUT2D eigenvalue weighted by molar-refractivity contribution is 1.27. The van der Waals surface area contributed by atoms with Gasteiger partial charge in [0.15, 0.2) is 0 Å². The van der Waals surface area contributed by atoms with Gasteiger partial charge in [0.2, 0.25) is 0 Å². The molecule has 0 aliphatic heterocycles. The van der Waals surface area contributed by atoms with Crippen molar-refractivity contribution in [3.05, 3.63) is 170 Å².